The van der Waals surface area contributed by atoms with Crippen molar-refractivity contribution >= 4 is 33.9 Å². The molecule has 1 N–H and O–H groups in total. The number of amides is 1. The van der Waals surface area contributed by atoms with Crippen LogP contribution in [0.2, 0.25) is 0 Å². The molecule has 4 aromatic carbocycles. The van der Waals surface area contributed by atoms with Gasteiger partial charge in [-0.15, -0.1) is 0 Å². The third-order valence-corrected chi connectivity index (χ3v) is 7.73. The van der Waals surface area contributed by atoms with Gasteiger partial charge < -0.3 is 9.84 Å². The molecule has 39 heavy (non-hydrogen) atoms. The Morgan fingerprint density at radius 2 is 1.64 bits per heavy atom. The van der Waals surface area contributed by atoms with E-state index in [2.05, 4.69) is 20.8 Å². The predicted octanol–water partition coefficient (Wildman–Crippen LogP) is 7.09. The largest absolute Gasteiger partial charge is 0.507 e. The van der Waals surface area contributed by atoms with Gasteiger partial charge >= 0.3 is 0 Å². The van der Waals surface area contributed by atoms with Crippen molar-refractivity contribution in [1.82, 2.24) is 0 Å². The van der Waals surface area contributed by atoms with Gasteiger partial charge in [-0.1, -0.05) is 81.4 Å². The van der Waals surface area contributed by atoms with Gasteiger partial charge in [-0.05, 0) is 58.7 Å². The van der Waals surface area contributed by atoms with Crippen LogP contribution >= 0.6 is 0 Å². The van der Waals surface area contributed by atoms with Gasteiger partial charge in [0.25, 0.3) is 11.7 Å². The summed E-state index contributed by atoms with van der Waals surface area (Å²) < 4.78 is 5.82. The number of ketones is 1. The Labute approximate surface area is 228 Å². The first-order valence-corrected chi connectivity index (χ1v) is 13.3. The Bertz CT molecular complexity index is 1650. The lowest BCUT2D eigenvalue weighted by Crippen LogP contribution is -2.29. The second-order valence-corrected chi connectivity index (χ2v) is 11.5. The molecule has 0 bridgehead atoms. The van der Waals surface area contributed by atoms with Gasteiger partial charge in [-0.2, -0.15) is 0 Å². The number of hydrogen-bond acceptors (Lipinski definition) is 4. The molecule has 4 aromatic rings. The molecule has 0 aromatic heterocycles. The third-order valence-electron chi connectivity index (χ3n) is 7.73. The Morgan fingerprint density at radius 3 is 2.38 bits per heavy atom. The minimum atomic E-state index is -0.784. The molecule has 1 fully saturated rings. The molecule has 1 amide bonds. The first kappa shape index (κ1) is 24.9. The average Bonchev–Trinajstić information content (AvgIpc) is 3.42. The SMILES string of the molecule is CC1Cc2cc(/C(O)=C3\C(=O)C(=O)N(c4cccc5ccccc45)C3c3ccc(C(C)(C)C)cc3)ccc2O1. The van der Waals surface area contributed by atoms with Gasteiger partial charge in [0.05, 0.1) is 17.3 Å². The van der Waals surface area contributed by atoms with Crippen LogP contribution in [-0.4, -0.2) is 22.9 Å². The van der Waals surface area contributed by atoms with Crippen molar-refractivity contribution in [2.75, 3.05) is 4.90 Å². The van der Waals surface area contributed by atoms with Gasteiger partial charge in [-0.25, -0.2) is 0 Å². The van der Waals surface area contributed by atoms with Crippen molar-refractivity contribution in [1.29, 1.82) is 0 Å². The number of ether oxygens (including phenoxy) is 1. The zero-order valence-corrected chi connectivity index (χ0v) is 22.6. The Morgan fingerprint density at radius 1 is 0.923 bits per heavy atom. The summed E-state index contributed by atoms with van der Waals surface area (Å²) in [6, 6.07) is 26.2. The smallest absolute Gasteiger partial charge is 0.300 e. The van der Waals surface area contributed by atoms with Crippen LogP contribution in [0.4, 0.5) is 5.69 Å². The lowest BCUT2D eigenvalue weighted by Gasteiger charge is -2.27. The Hall–Kier alpha value is -4.38. The number of aliphatic hydroxyl groups excluding tert-OH is 1. The van der Waals surface area contributed by atoms with E-state index < -0.39 is 17.7 Å². The highest BCUT2D eigenvalue weighted by molar-refractivity contribution is 6.52. The molecule has 0 spiro atoms. The van der Waals surface area contributed by atoms with Gasteiger partial charge in [0.15, 0.2) is 0 Å². The topological polar surface area (TPSA) is 66.8 Å². The molecular weight excluding hydrogens is 486 g/mol. The molecule has 5 heteroatoms. The van der Waals surface area contributed by atoms with E-state index >= 15 is 0 Å². The molecular formula is C34H31NO4. The fraction of sp³-hybridized carbons (Fsp3) is 0.235. The molecule has 2 heterocycles. The number of aliphatic hydroxyl groups is 1. The summed E-state index contributed by atoms with van der Waals surface area (Å²) in [5.74, 6) is -0.751. The van der Waals surface area contributed by atoms with Crippen LogP contribution in [0.15, 0.2) is 90.5 Å². The summed E-state index contributed by atoms with van der Waals surface area (Å²) in [6.07, 6.45) is 0.772. The van der Waals surface area contributed by atoms with Crippen LogP contribution in [0.5, 0.6) is 5.75 Å². The van der Waals surface area contributed by atoms with E-state index in [0.717, 1.165) is 39.6 Å². The summed E-state index contributed by atoms with van der Waals surface area (Å²) in [5, 5.41) is 13.5. The molecule has 2 unspecified atom stereocenters. The zero-order chi connectivity index (χ0) is 27.5. The van der Waals surface area contributed by atoms with Gasteiger partial charge in [0.1, 0.15) is 17.6 Å². The molecule has 0 saturated carbocycles. The highest BCUT2D eigenvalue weighted by Crippen LogP contribution is 2.45. The fourth-order valence-corrected chi connectivity index (χ4v) is 5.71. The van der Waals surface area contributed by atoms with E-state index in [4.69, 9.17) is 4.74 Å². The van der Waals surface area contributed by atoms with E-state index in [0.29, 0.717) is 11.3 Å². The molecule has 2 aliphatic heterocycles. The van der Waals surface area contributed by atoms with Crippen molar-refractivity contribution in [3.05, 3.63) is 113 Å². The summed E-state index contributed by atoms with van der Waals surface area (Å²) in [6.45, 7) is 8.42. The number of carbonyl (C=O) groups excluding carboxylic acids is 2. The van der Waals surface area contributed by atoms with Crippen molar-refractivity contribution < 1.29 is 19.4 Å². The summed E-state index contributed by atoms with van der Waals surface area (Å²) in [5.41, 5.74) is 4.04. The molecule has 0 aliphatic carbocycles. The van der Waals surface area contributed by atoms with Crippen LogP contribution in [-0.2, 0) is 21.4 Å². The number of fused-ring (bicyclic) bond motifs is 2. The number of hydrogen-bond donors (Lipinski definition) is 1. The van der Waals surface area contributed by atoms with Crippen molar-refractivity contribution in [2.45, 2.75) is 51.7 Å². The number of rotatable bonds is 3. The quantitative estimate of drug-likeness (QED) is 0.179. The first-order chi connectivity index (χ1) is 18.6. The maximum absolute atomic E-state index is 13.7. The average molecular weight is 518 g/mol. The highest BCUT2D eigenvalue weighted by atomic mass is 16.5. The van der Waals surface area contributed by atoms with Crippen molar-refractivity contribution in [2.24, 2.45) is 0 Å². The standard InChI is InChI=1S/C34H31NO4/c1-20-18-24-19-23(14-17-28(24)39-20)31(36)29-30(22-12-15-25(16-13-22)34(2,3)4)35(33(38)32(29)37)27-11-7-9-21-8-5-6-10-26(21)27/h5-17,19-20,30,36H,18H2,1-4H3/b31-29+. The number of Topliss-reactive ketones (excluding diaryl/α,β-unsaturated/α-hetero) is 1. The summed E-state index contributed by atoms with van der Waals surface area (Å²) in [4.78, 5) is 29.0. The number of benzene rings is 4. The zero-order valence-electron chi connectivity index (χ0n) is 22.6. The minimum absolute atomic E-state index is 0.0515. The van der Waals surface area contributed by atoms with Gasteiger partial charge in [0.2, 0.25) is 0 Å². The van der Waals surface area contributed by atoms with E-state index in [1.54, 1.807) is 11.0 Å². The highest BCUT2D eigenvalue weighted by Gasteiger charge is 2.47. The summed E-state index contributed by atoms with van der Waals surface area (Å²) >= 11 is 0. The lowest BCUT2D eigenvalue weighted by molar-refractivity contribution is -0.132. The number of carbonyl (C=O) groups is 2. The predicted molar refractivity (Wildman–Crippen MR) is 154 cm³/mol. The molecule has 6 rings (SSSR count). The van der Waals surface area contributed by atoms with Crippen LogP contribution in [0.1, 0.15) is 56.0 Å². The third kappa shape index (κ3) is 4.19. The molecule has 1 saturated heterocycles. The maximum atomic E-state index is 13.7. The normalized spacial score (nSPS) is 20.4. The fourth-order valence-electron chi connectivity index (χ4n) is 5.71. The van der Waals surface area contributed by atoms with Crippen LogP contribution in [0.25, 0.3) is 16.5 Å². The van der Waals surface area contributed by atoms with Crippen LogP contribution in [0, 0.1) is 0 Å². The molecule has 2 atom stereocenters. The molecule has 196 valence electrons. The van der Waals surface area contributed by atoms with E-state index in [1.807, 2.05) is 85.8 Å². The van der Waals surface area contributed by atoms with E-state index in [-0.39, 0.29) is 22.9 Å². The van der Waals surface area contributed by atoms with Gasteiger partial charge in [0, 0.05) is 17.4 Å². The van der Waals surface area contributed by atoms with E-state index in [1.165, 1.54) is 0 Å². The summed E-state index contributed by atoms with van der Waals surface area (Å²) in [7, 11) is 0. The number of anilines is 1. The minimum Gasteiger partial charge on any atom is -0.507 e. The number of nitrogens with zero attached hydrogens (tertiary/aromatic N) is 1. The Kier molecular flexibility index (Phi) is 5.83. The monoisotopic (exact) mass is 517 g/mol. The maximum Gasteiger partial charge on any atom is 0.300 e. The second kappa shape index (κ2) is 9.12. The van der Waals surface area contributed by atoms with Crippen molar-refractivity contribution in [3.63, 3.8) is 0 Å². The first-order valence-electron chi connectivity index (χ1n) is 13.3. The molecule has 5 nitrogen and oxygen atoms in total. The van der Waals surface area contributed by atoms with Crippen molar-refractivity contribution in [3.8, 4) is 5.75 Å². The second-order valence-electron chi connectivity index (χ2n) is 11.5. The molecule has 0 radical (unpaired) electrons. The Balaban J connectivity index is 1.56. The lowest BCUT2D eigenvalue weighted by atomic mass is 9.85. The van der Waals surface area contributed by atoms with Gasteiger partial charge in [-0.3, -0.25) is 14.5 Å². The van der Waals surface area contributed by atoms with Crippen LogP contribution < -0.4 is 9.64 Å². The van der Waals surface area contributed by atoms with E-state index in [9.17, 15) is 14.7 Å². The van der Waals surface area contributed by atoms with Crippen LogP contribution in [0.3, 0.4) is 0 Å². The molecule has 2 aliphatic rings.